The topological polar surface area (TPSA) is 178 Å². The van der Waals surface area contributed by atoms with Crippen LogP contribution in [0.2, 0.25) is 0 Å². The van der Waals surface area contributed by atoms with E-state index in [4.69, 9.17) is 44.1 Å². The predicted molar refractivity (Wildman–Crippen MR) is 194 cm³/mol. The molecule has 0 unspecified atom stereocenters. The van der Waals surface area contributed by atoms with Gasteiger partial charge in [0.05, 0.1) is 47.2 Å². The number of nitrogens with zero attached hydrogens (tertiary/aromatic N) is 4. The first kappa shape index (κ1) is 37.3. The molecule has 5 rings (SSSR count). The van der Waals surface area contributed by atoms with Gasteiger partial charge in [0.1, 0.15) is 28.7 Å². The van der Waals surface area contributed by atoms with Gasteiger partial charge in [-0.1, -0.05) is 41.5 Å². The average molecular weight is 711 g/mol. The van der Waals surface area contributed by atoms with E-state index in [1.807, 2.05) is 48.5 Å². The van der Waals surface area contributed by atoms with Gasteiger partial charge in [-0.2, -0.15) is 0 Å². The van der Waals surface area contributed by atoms with E-state index in [0.29, 0.717) is 58.5 Å². The van der Waals surface area contributed by atoms with Crippen molar-refractivity contribution in [3.05, 3.63) is 123 Å². The third-order valence-corrected chi connectivity index (χ3v) is 8.59. The van der Waals surface area contributed by atoms with Gasteiger partial charge in [-0.15, -0.1) is 0 Å². The molecule has 14 heteroatoms. The molecule has 0 saturated heterocycles. The number of carbonyl (C=O) groups excluding carboxylic acids is 1. The van der Waals surface area contributed by atoms with E-state index in [0.717, 1.165) is 11.1 Å². The summed E-state index contributed by atoms with van der Waals surface area (Å²) in [4.78, 5) is 22.9. The van der Waals surface area contributed by atoms with Crippen molar-refractivity contribution in [2.24, 2.45) is 10.1 Å². The summed E-state index contributed by atoms with van der Waals surface area (Å²) in [6, 6.07) is 25.4. The number of nitrogens with one attached hydrogen (secondary N) is 2. The number of aliphatic imine (C=N–C) groups is 1. The maximum Gasteiger partial charge on any atom is 0.266 e. The molecule has 0 radical (unpaired) electrons. The molecule has 0 bridgehead atoms. The molecule has 4 aromatic carbocycles. The van der Waals surface area contributed by atoms with E-state index in [1.165, 1.54) is 14.2 Å². The van der Waals surface area contributed by atoms with Crippen molar-refractivity contribution in [3.63, 3.8) is 0 Å². The highest BCUT2D eigenvalue weighted by Gasteiger charge is 2.53. The first-order valence-corrected chi connectivity index (χ1v) is 16.5. The zero-order chi connectivity index (χ0) is 36.9. The lowest BCUT2D eigenvalue weighted by Crippen LogP contribution is -2.53. The molecule has 0 spiro atoms. The number of rotatable bonds is 18. The maximum atomic E-state index is 14.8. The number of hydrogen-bond donors (Lipinski definition) is 3. The summed E-state index contributed by atoms with van der Waals surface area (Å²) in [6.07, 6.45) is -0.331. The number of carbonyl (C=O) groups is 1. The van der Waals surface area contributed by atoms with Gasteiger partial charge in [0.2, 0.25) is 5.90 Å². The van der Waals surface area contributed by atoms with Crippen molar-refractivity contribution < 1.29 is 38.3 Å². The Kier molecular flexibility index (Phi) is 12.8. The molecule has 14 nitrogen and oxygen atoms in total. The lowest BCUT2D eigenvalue weighted by Gasteiger charge is -2.31. The second-order valence-corrected chi connectivity index (χ2v) is 11.7. The Morgan fingerprint density at radius 3 is 2.27 bits per heavy atom. The summed E-state index contributed by atoms with van der Waals surface area (Å²) in [5, 5.41) is 12.9. The molecule has 3 N–H and O–H groups in total. The number of aliphatic hydroxyl groups is 1. The maximum absolute atomic E-state index is 14.8. The Hall–Kier alpha value is -5.95. The molecule has 52 heavy (non-hydrogen) atoms. The monoisotopic (exact) mass is 710 g/mol. The predicted octanol–water partition coefficient (Wildman–Crippen LogP) is 5.61. The van der Waals surface area contributed by atoms with Crippen LogP contribution in [0.5, 0.6) is 28.7 Å². The standard InChI is InChI=1S/C38H42N6O8/c1-47-30-12-7-11-26(19-30)35-38(22-27-9-5-6-10-28(27)23-41-44-39,42-36(52-35)25-13-15-29(16-14-25)51-18-8-17-45)37(46)43-40-24-32-33(49-3)20-31(48-2)21-34(32)50-4/h5-7,9-16,19-21,35,40,45H,8,17-18,22-24H2,1-4H3,(H,43,46)/t35-,38-/m0/s1. The minimum Gasteiger partial charge on any atom is -0.497 e. The second-order valence-electron chi connectivity index (χ2n) is 11.7. The van der Waals surface area contributed by atoms with Crippen LogP contribution in [-0.2, 0) is 29.0 Å². The van der Waals surface area contributed by atoms with Gasteiger partial charge in [0, 0.05) is 48.6 Å². The normalized spacial score (nSPS) is 16.2. The van der Waals surface area contributed by atoms with E-state index in [-0.39, 0.29) is 32.0 Å². The van der Waals surface area contributed by atoms with Crippen LogP contribution in [0.25, 0.3) is 10.4 Å². The van der Waals surface area contributed by atoms with Crippen LogP contribution in [0.4, 0.5) is 0 Å². The average Bonchev–Trinajstić information content (AvgIpc) is 3.58. The molecule has 0 fully saturated rings. The molecule has 272 valence electrons. The minimum absolute atomic E-state index is 0.0283. The highest BCUT2D eigenvalue weighted by Crippen LogP contribution is 2.44. The van der Waals surface area contributed by atoms with Gasteiger partial charge >= 0.3 is 0 Å². The summed E-state index contributed by atoms with van der Waals surface area (Å²) in [6.45, 7) is 0.606. The van der Waals surface area contributed by atoms with Crippen LogP contribution in [-0.4, -0.2) is 64.1 Å². The summed E-state index contributed by atoms with van der Waals surface area (Å²) in [5.74, 6) is 2.51. The van der Waals surface area contributed by atoms with Gasteiger partial charge in [0.25, 0.3) is 5.91 Å². The molecule has 2 atom stereocenters. The minimum atomic E-state index is -1.58. The SMILES string of the molecule is COc1cccc([C@@H]2OC(c3ccc(OCCCO)cc3)=N[C@]2(Cc2ccccc2CN=[N+]=[N-])C(=O)NNCc2c(OC)cc(OC)cc2OC)c1. The molecular formula is C38H42N6O8. The van der Waals surface area contributed by atoms with Gasteiger partial charge in [-0.05, 0) is 58.6 Å². The summed E-state index contributed by atoms with van der Waals surface area (Å²) in [7, 11) is 6.20. The Labute approximate surface area is 301 Å². The number of hydrogen-bond acceptors (Lipinski definition) is 11. The fourth-order valence-corrected chi connectivity index (χ4v) is 5.94. The lowest BCUT2D eigenvalue weighted by molar-refractivity contribution is -0.130. The third-order valence-electron chi connectivity index (χ3n) is 8.59. The first-order valence-electron chi connectivity index (χ1n) is 16.5. The zero-order valence-electron chi connectivity index (χ0n) is 29.5. The van der Waals surface area contributed by atoms with Crippen LogP contribution in [0.3, 0.4) is 0 Å². The van der Waals surface area contributed by atoms with Gasteiger partial charge in [-0.25, -0.2) is 10.4 Å². The van der Waals surface area contributed by atoms with Crippen molar-refractivity contribution in [1.29, 1.82) is 0 Å². The summed E-state index contributed by atoms with van der Waals surface area (Å²) < 4.78 is 34.5. The molecular weight excluding hydrogens is 668 g/mol. The number of benzene rings is 4. The summed E-state index contributed by atoms with van der Waals surface area (Å²) >= 11 is 0. The number of ether oxygens (including phenoxy) is 6. The van der Waals surface area contributed by atoms with Crippen LogP contribution in [0.15, 0.2) is 95.0 Å². The largest absolute Gasteiger partial charge is 0.497 e. The molecule has 1 heterocycles. The van der Waals surface area contributed by atoms with E-state index in [9.17, 15) is 4.79 Å². The van der Waals surface area contributed by atoms with Crippen molar-refractivity contribution in [3.8, 4) is 28.7 Å². The molecule has 1 aliphatic rings. The molecule has 0 aromatic heterocycles. The third kappa shape index (κ3) is 8.49. The number of methoxy groups -OCH3 is 4. The Balaban J connectivity index is 1.58. The first-order chi connectivity index (χ1) is 25.4. The molecule has 1 amide bonds. The van der Waals surface area contributed by atoms with E-state index >= 15 is 0 Å². The second kappa shape index (κ2) is 17.8. The van der Waals surface area contributed by atoms with E-state index < -0.39 is 17.6 Å². The fraction of sp³-hybridized carbons (Fsp3) is 0.316. The Bertz CT molecular complexity index is 1890. The van der Waals surface area contributed by atoms with Gasteiger partial charge in [0.15, 0.2) is 11.6 Å². The van der Waals surface area contributed by atoms with Crippen molar-refractivity contribution in [2.75, 3.05) is 41.7 Å². The Morgan fingerprint density at radius 2 is 1.62 bits per heavy atom. The number of hydrazine groups is 1. The molecule has 4 aromatic rings. The molecule has 1 aliphatic heterocycles. The number of aliphatic hydroxyl groups excluding tert-OH is 1. The van der Waals surface area contributed by atoms with Crippen LogP contribution < -0.4 is 34.5 Å². The fourth-order valence-electron chi connectivity index (χ4n) is 5.94. The van der Waals surface area contributed by atoms with Crippen molar-refractivity contribution >= 4 is 11.8 Å². The van der Waals surface area contributed by atoms with E-state index in [1.54, 1.807) is 50.6 Å². The van der Waals surface area contributed by atoms with Gasteiger partial charge < -0.3 is 33.5 Å². The smallest absolute Gasteiger partial charge is 0.266 e. The van der Waals surface area contributed by atoms with Crippen LogP contribution >= 0.6 is 0 Å². The van der Waals surface area contributed by atoms with Crippen molar-refractivity contribution in [2.45, 2.75) is 37.6 Å². The molecule has 0 aliphatic carbocycles. The quantitative estimate of drug-likeness (QED) is 0.0389. The highest BCUT2D eigenvalue weighted by molar-refractivity contribution is 6.01. The highest BCUT2D eigenvalue weighted by atomic mass is 16.5. The zero-order valence-corrected chi connectivity index (χ0v) is 29.5. The molecule has 0 saturated carbocycles. The number of azide groups is 1. The van der Waals surface area contributed by atoms with E-state index in [2.05, 4.69) is 20.9 Å². The van der Waals surface area contributed by atoms with Crippen LogP contribution in [0, 0.1) is 0 Å². The van der Waals surface area contributed by atoms with Crippen LogP contribution in [0.1, 0.15) is 40.3 Å². The lowest BCUT2D eigenvalue weighted by atomic mass is 9.81. The Morgan fingerprint density at radius 1 is 0.904 bits per heavy atom. The number of amides is 1. The summed E-state index contributed by atoms with van der Waals surface area (Å²) in [5.41, 5.74) is 16.9. The van der Waals surface area contributed by atoms with Crippen molar-refractivity contribution in [1.82, 2.24) is 10.9 Å². The van der Waals surface area contributed by atoms with Gasteiger partial charge in [-0.3, -0.25) is 10.2 Å².